The summed E-state index contributed by atoms with van der Waals surface area (Å²) < 4.78 is 19.2. The molecule has 25 heavy (non-hydrogen) atoms. The van der Waals surface area contributed by atoms with Crippen molar-refractivity contribution < 1.29 is 18.5 Å². The zero-order chi connectivity index (χ0) is 17.9. The van der Waals surface area contributed by atoms with Crippen LogP contribution in [0.25, 0.3) is 32.3 Å². The van der Waals surface area contributed by atoms with Gasteiger partial charge >= 0.3 is 7.82 Å². The maximum absolute atomic E-state index is 10.5. The van der Waals surface area contributed by atoms with Crippen molar-refractivity contribution in [2.75, 3.05) is 13.2 Å². The summed E-state index contributed by atoms with van der Waals surface area (Å²) in [5.41, 5.74) is 0. The van der Waals surface area contributed by atoms with E-state index in [0.29, 0.717) is 0 Å². The smallest absolute Gasteiger partial charge is 0.302 e. The zero-order valence-corrected chi connectivity index (χ0v) is 15.2. The molecule has 4 aromatic rings. The molecule has 0 saturated heterocycles. The van der Waals surface area contributed by atoms with Crippen molar-refractivity contribution >= 4 is 40.1 Å². The molecular formula is C20H21O4P. The molecule has 0 atom stereocenters. The molecule has 0 saturated carbocycles. The third kappa shape index (κ3) is 3.83. The van der Waals surface area contributed by atoms with Gasteiger partial charge < -0.3 is 4.89 Å². The molecule has 0 heterocycles. The van der Waals surface area contributed by atoms with Gasteiger partial charge in [0.1, 0.15) is 0 Å². The van der Waals surface area contributed by atoms with E-state index < -0.39 is 7.82 Å². The largest absolute Gasteiger partial charge is 0.472 e. The van der Waals surface area contributed by atoms with E-state index in [2.05, 4.69) is 69.7 Å². The van der Waals surface area contributed by atoms with Crippen LogP contribution in [0.5, 0.6) is 0 Å². The minimum Gasteiger partial charge on any atom is -0.302 e. The van der Waals surface area contributed by atoms with Crippen LogP contribution in [0, 0.1) is 0 Å². The zero-order valence-electron chi connectivity index (χ0n) is 14.3. The maximum Gasteiger partial charge on any atom is 0.472 e. The SMILES string of the molecule is CCOP(=O)(O)OCC.c1cc2ccc3cccc4ccc(c1)c2c34. The maximum atomic E-state index is 10.5. The first kappa shape index (κ1) is 17.8. The molecule has 0 aliphatic rings. The normalized spacial score (nSPS) is 11.8. The molecule has 1 N–H and O–H groups in total. The Morgan fingerprint density at radius 3 is 1.32 bits per heavy atom. The second-order valence-electron chi connectivity index (χ2n) is 5.59. The van der Waals surface area contributed by atoms with E-state index in [1.165, 1.54) is 32.3 Å². The lowest BCUT2D eigenvalue weighted by Gasteiger charge is -2.09. The lowest BCUT2D eigenvalue weighted by molar-refractivity contribution is 0.161. The van der Waals surface area contributed by atoms with Gasteiger partial charge in [0, 0.05) is 0 Å². The second kappa shape index (κ2) is 7.51. The van der Waals surface area contributed by atoms with Crippen molar-refractivity contribution in [3.05, 3.63) is 60.7 Å². The molecule has 0 spiro atoms. The molecule has 0 unspecified atom stereocenters. The van der Waals surface area contributed by atoms with E-state index >= 15 is 0 Å². The minimum absolute atomic E-state index is 0.188. The van der Waals surface area contributed by atoms with Crippen molar-refractivity contribution in [3.63, 3.8) is 0 Å². The van der Waals surface area contributed by atoms with Gasteiger partial charge in [-0.15, -0.1) is 0 Å². The van der Waals surface area contributed by atoms with Crippen LogP contribution in [-0.4, -0.2) is 18.1 Å². The Morgan fingerprint density at radius 2 is 1.04 bits per heavy atom. The highest BCUT2D eigenvalue weighted by molar-refractivity contribution is 7.47. The van der Waals surface area contributed by atoms with Crippen molar-refractivity contribution in [2.24, 2.45) is 0 Å². The lowest BCUT2D eigenvalue weighted by Crippen LogP contribution is -1.93. The van der Waals surface area contributed by atoms with E-state index in [0.717, 1.165) is 0 Å². The van der Waals surface area contributed by atoms with Gasteiger partial charge in [0.05, 0.1) is 13.2 Å². The summed E-state index contributed by atoms with van der Waals surface area (Å²) in [5.74, 6) is 0. The number of phosphoric acid groups is 1. The van der Waals surface area contributed by atoms with E-state index in [9.17, 15) is 4.57 Å². The molecule has 0 amide bonds. The van der Waals surface area contributed by atoms with Crippen molar-refractivity contribution in [3.8, 4) is 0 Å². The van der Waals surface area contributed by atoms with Gasteiger partial charge in [-0.25, -0.2) is 4.57 Å². The second-order valence-corrected chi connectivity index (χ2v) is 7.05. The van der Waals surface area contributed by atoms with Crippen LogP contribution in [0.3, 0.4) is 0 Å². The Labute approximate surface area is 146 Å². The third-order valence-electron chi connectivity index (χ3n) is 3.98. The van der Waals surface area contributed by atoms with Crippen LogP contribution in [0.4, 0.5) is 0 Å². The van der Waals surface area contributed by atoms with E-state index in [-0.39, 0.29) is 13.2 Å². The molecule has 4 rings (SSSR count). The molecule has 5 heteroatoms. The number of hydrogen-bond donors (Lipinski definition) is 1. The highest BCUT2D eigenvalue weighted by Crippen LogP contribution is 2.42. The molecular weight excluding hydrogens is 335 g/mol. The Balaban J connectivity index is 0.000000176. The van der Waals surface area contributed by atoms with Crippen LogP contribution in [-0.2, 0) is 13.6 Å². The highest BCUT2D eigenvalue weighted by Gasteiger charge is 2.17. The Morgan fingerprint density at radius 1 is 0.720 bits per heavy atom. The van der Waals surface area contributed by atoms with Crippen LogP contribution in [0.15, 0.2) is 60.7 Å². The standard InChI is InChI=1S/C16H10.C4H11O4P/c1-3-11-7-9-13-5-2-6-14-10-8-12(4-1)15(11)16(13)14;1-3-7-9(5,6)8-4-2/h1-10H;3-4H2,1-2H3,(H,5,6). The third-order valence-corrected chi connectivity index (χ3v) is 5.15. The molecule has 4 aromatic carbocycles. The van der Waals surface area contributed by atoms with Crippen molar-refractivity contribution in [2.45, 2.75) is 13.8 Å². The first-order valence-electron chi connectivity index (χ1n) is 8.30. The van der Waals surface area contributed by atoms with Gasteiger partial charge in [-0.3, -0.25) is 9.05 Å². The summed E-state index contributed by atoms with van der Waals surface area (Å²) in [6.45, 7) is 3.63. The average Bonchev–Trinajstić information content (AvgIpc) is 2.60. The molecule has 130 valence electrons. The highest BCUT2D eigenvalue weighted by atomic mass is 31.2. The summed E-state index contributed by atoms with van der Waals surface area (Å²) >= 11 is 0. The Kier molecular flexibility index (Phi) is 5.36. The quantitative estimate of drug-likeness (QED) is 0.374. The number of phosphoric ester groups is 1. The minimum atomic E-state index is -3.69. The van der Waals surface area contributed by atoms with Gasteiger partial charge in [-0.05, 0) is 46.2 Å². The van der Waals surface area contributed by atoms with Crippen molar-refractivity contribution in [1.82, 2.24) is 0 Å². The van der Waals surface area contributed by atoms with Gasteiger partial charge in [0.2, 0.25) is 0 Å². The number of rotatable bonds is 4. The van der Waals surface area contributed by atoms with Gasteiger partial charge in [0.25, 0.3) is 0 Å². The predicted molar refractivity (Wildman–Crippen MR) is 103 cm³/mol. The van der Waals surface area contributed by atoms with Crippen LogP contribution in [0.2, 0.25) is 0 Å². The molecule has 4 nitrogen and oxygen atoms in total. The van der Waals surface area contributed by atoms with Gasteiger partial charge in [0.15, 0.2) is 0 Å². The summed E-state index contributed by atoms with van der Waals surface area (Å²) in [6, 6.07) is 21.9. The lowest BCUT2D eigenvalue weighted by atomic mass is 9.95. The van der Waals surface area contributed by atoms with E-state index in [4.69, 9.17) is 4.89 Å². The van der Waals surface area contributed by atoms with Gasteiger partial charge in [-0.1, -0.05) is 60.7 Å². The van der Waals surface area contributed by atoms with E-state index in [1.807, 2.05) is 0 Å². The first-order valence-corrected chi connectivity index (χ1v) is 9.79. The number of hydrogen-bond acceptors (Lipinski definition) is 3. The summed E-state index contributed by atoms with van der Waals surface area (Å²) in [6.07, 6.45) is 0. The monoisotopic (exact) mass is 356 g/mol. The topological polar surface area (TPSA) is 55.8 Å². The van der Waals surface area contributed by atoms with Crippen molar-refractivity contribution in [1.29, 1.82) is 0 Å². The molecule has 0 aliphatic heterocycles. The van der Waals surface area contributed by atoms with E-state index in [1.54, 1.807) is 13.8 Å². The summed E-state index contributed by atoms with van der Waals surface area (Å²) in [5, 5.41) is 8.14. The number of benzene rings is 4. The van der Waals surface area contributed by atoms with Crippen LogP contribution in [0.1, 0.15) is 13.8 Å². The molecule has 0 fully saturated rings. The molecule has 0 radical (unpaired) electrons. The van der Waals surface area contributed by atoms with Crippen LogP contribution < -0.4 is 0 Å². The average molecular weight is 356 g/mol. The Hall–Kier alpha value is -1.97. The Bertz CT molecular complexity index is 888. The molecule has 0 bridgehead atoms. The predicted octanol–water partition coefficient (Wildman–Crippen LogP) is 5.74. The molecule has 0 aliphatic carbocycles. The fourth-order valence-electron chi connectivity index (χ4n) is 3.03. The van der Waals surface area contributed by atoms with Crippen LogP contribution >= 0.6 is 7.82 Å². The first-order chi connectivity index (χ1) is 12.1. The fourth-order valence-corrected chi connectivity index (χ4v) is 3.76. The molecule has 0 aromatic heterocycles. The summed E-state index contributed by atoms with van der Waals surface area (Å²) in [7, 11) is -3.69. The summed E-state index contributed by atoms with van der Waals surface area (Å²) in [4.78, 5) is 8.63. The fraction of sp³-hybridized carbons (Fsp3) is 0.200. The van der Waals surface area contributed by atoms with Gasteiger partial charge in [-0.2, -0.15) is 0 Å².